The standard InChI is InChI=1S/C21H17BrN2O3/c22-15-8-2-4-10-18(15)24-19(25)12-27-21(26)20-13-6-1-3-9-16(13)23-17-11-5-7-14(17)20/h1-4,6,8-10H,5,7,11-12H2,(H,24,25). The second-order valence-electron chi connectivity index (χ2n) is 6.39. The molecule has 4 rings (SSSR count). The Morgan fingerprint density at radius 1 is 1.07 bits per heavy atom. The van der Waals surface area contributed by atoms with Gasteiger partial charge in [-0.1, -0.05) is 30.3 Å². The summed E-state index contributed by atoms with van der Waals surface area (Å²) in [5.41, 5.74) is 3.86. The number of anilines is 1. The van der Waals surface area contributed by atoms with Crippen molar-refractivity contribution in [1.82, 2.24) is 4.98 Å². The van der Waals surface area contributed by atoms with E-state index in [1.807, 2.05) is 42.5 Å². The zero-order valence-corrected chi connectivity index (χ0v) is 16.1. The molecule has 5 nitrogen and oxygen atoms in total. The van der Waals surface area contributed by atoms with Crippen LogP contribution in [0.4, 0.5) is 5.69 Å². The summed E-state index contributed by atoms with van der Waals surface area (Å²) in [5, 5.41) is 3.50. The van der Waals surface area contributed by atoms with E-state index < -0.39 is 5.97 Å². The Hall–Kier alpha value is -2.73. The number of amides is 1. The Labute approximate surface area is 164 Å². The van der Waals surface area contributed by atoms with Gasteiger partial charge in [0, 0.05) is 15.6 Å². The third-order valence-corrected chi connectivity index (χ3v) is 5.30. The van der Waals surface area contributed by atoms with Crippen molar-refractivity contribution in [3.8, 4) is 0 Å². The van der Waals surface area contributed by atoms with Crippen LogP contribution in [0, 0.1) is 0 Å². The summed E-state index contributed by atoms with van der Waals surface area (Å²) in [6.45, 7) is -0.342. The van der Waals surface area contributed by atoms with E-state index in [1.165, 1.54) is 0 Å². The highest BCUT2D eigenvalue weighted by Gasteiger charge is 2.25. The van der Waals surface area contributed by atoms with Crippen molar-refractivity contribution in [2.24, 2.45) is 0 Å². The number of hydrogen-bond acceptors (Lipinski definition) is 4. The lowest BCUT2D eigenvalue weighted by Crippen LogP contribution is -2.22. The lowest BCUT2D eigenvalue weighted by molar-refractivity contribution is -0.119. The number of ether oxygens (including phenoxy) is 1. The van der Waals surface area contributed by atoms with Crippen molar-refractivity contribution in [2.75, 3.05) is 11.9 Å². The highest BCUT2D eigenvalue weighted by Crippen LogP contribution is 2.30. The fourth-order valence-electron chi connectivity index (χ4n) is 3.40. The normalized spacial score (nSPS) is 12.6. The van der Waals surface area contributed by atoms with Crippen LogP contribution in [-0.2, 0) is 22.4 Å². The zero-order valence-electron chi connectivity index (χ0n) is 14.5. The Morgan fingerprint density at radius 3 is 2.70 bits per heavy atom. The van der Waals surface area contributed by atoms with E-state index in [9.17, 15) is 9.59 Å². The van der Waals surface area contributed by atoms with E-state index >= 15 is 0 Å². The molecule has 136 valence electrons. The second kappa shape index (κ2) is 7.48. The van der Waals surface area contributed by atoms with Crippen LogP contribution in [0.5, 0.6) is 0 Å². The van der Waals surface area contributed by atoms with Crippen molar-refractivity contribution in [3.63, 3.8) is 0 Å². The molecule has 0 bridgehead atoms. The van der Waals surface area contributed by atoms with Gasteiger partial charge in [-0.2, -0.15) is 0 Å². The van der Waals surface area contributed by atoms with Gasteiger partial charge in [0.05, 0.1) is 16.8 Å². The first kappa shape index (κ1) is 17.7. The third kappa shape index (κ3) is 3.57. The molecule has 0 aliphatic heterocycles. The van der Waals surface area contributed by atoms with Gasteiger partial charge in [0.2, 0.25) is 0 Å². The maximum Gasteiger partial charge on any atom is 0.339 e. The van der Waals surface area contributed by atoms with Crippen LogP contribution >= 0.6 is 15.9 Å². The van der Waals surface area contributed by atoms with Crippen LogP contribution in [0.15, 0.2) is 53.0 Å². The molecular formula is C21H17BrN2O3. The lowest BCUT2D eigenvalue weighted by atomic mass is 10.0. The summed E-state index contributed by atoms with van der Waals surface area (Å²) >= 11 is 3.37. The molecule has 1 N–H and O–H groups in total. The molecule has 0 spiro atoms. The van der Waals surface area contributed by atoms with Gasteiger partial charge in [0.15, 0.2) is 6.61 Å². The van der Waals surface area contributed by atoms with E-state index in [2.05, 4.69) is 26.2 Å². The highest BCUT2D eigenvalue weighted by atomic mass is 79.9. The Balaban J connectivity index is 1.54. The first-order chi connectivity index (χ1) is 13.1. The molecule has 1 aromatic heterocycles. The van der Waals surface area contributed by atoms with Crippen molar-refractivity contribution in [1.29, 1.82) is 0 Å². The average Bonchev–Trinajstić information content (AvgIpc) is 3.14. The molecule has 1 aliphatic carbocycles. The molecule has 0 saturated heterocycles. The lowest BCUT2D eigenvalue weighted by Gasteiger charge is -2.12. The van der Waals surface area contributed by atoms with Gasteiger partial charge in [-0.25, -0.2) is 4.79 Å². The number of pyridine rings is 1. The molecule has 0 unspecified atom stereocenters. The Bertz CT molecular complexity index is 1050. The first-order valence-electron chi connectivity index (χ1n) is 8.75. The fourth-order valence-corrected chi connectivity index (χ4v) is 3.78. The second-order valence-corrected chi connectivity index (χ2v) is 7.24. The maximum atomic E-state index is 12.8. The number of nitrogens with zero attached hydrogens (tertiary/aromatic N) is 1. The molecular weight excluding hydrogens is 408 g/mol. The zero-order chi connectivity index (χ0) is 18.8. The number of para-hydroxylation sites is 2. The molecule has 2 aromatic carbocycles. The fraction of sp³-hybridized carbons (Fsp3) is 0.190. The largest absolute Gasteiger partial charge is 0.452 e. The maximum absolute atomic E-state index is 12.8. The third-order valence-electron chi connectivity index (χ3n) is 4.61. The average molecular weight is 425 g/mol. The van der Waals surface area contributed by atoms with Crippen LogP contribution in [0.2, 0.25) is 0 Å². The monoisotopic (exact) mass is 424 g/mol. The molecule has 0 radical (unpaired) electrons. The van der Waals surface area contributed by atoms with Gasteiger partial charge >= 0.3 is 5.97 Å². The quantitative estimate of drug-likeness (QED) is 0.634. The number of esters is 1. The van der Waals surface area contributed by atoms with Crippen LogP contribution in [0.1, 0.15) is 28.0 Å². The number of aryl methyl sites for hydroxylation is 1. The number of hydrogen-bond donors (Lipinski definition) is 1. The first-order valence-corrected chi connectivity index (χ1v) is 9.55. The number of halogens is 1. The van der Waals surface area contributed by atoms with E-state index in [0.717, 1.165) is 45.9 Å². The Kier molecular flexibility index (Phi) is 4.90. The van der Waals surface area contributed by atoms with E-state index in [0.29, 0.717) is 11.3 Å². The smallest absolute Gasteiger partial charge is 0.339 e. The molecule has 1 amide bonds. The van der Waals surface area contributed by atoms with Gasteiger partial charge in [-0.3, -0.25) is 9.78 Å². The number of carbonyl (C=O) groups excluding carboxylic acids is 2. The number of carbonyl (C=O) groups is 2. The minimum absolute atomic E-state index is 0.342. The van der Waals surface area contributed by atoms with Crippen molar-refractivity contribution < 1.29 is 14.3 Å². The Morgan fingerprint density at radius 2 is 1.85 bits per heavy atom. The van der Waals surface area contributed by atoms with Crippen molar-refractivity contribution in [2.45, 2.75) is 19.3 Å². The minimum Gasteiger partial charge on any atom is -0.452 e. The molecule has 0 saturated carbocycles. The molecule has 0 fully saturated rings. The summed E-state index contributed by atoms with van der Waals surface area (Å²) in [5.74, 6) is -0.862. The number of rotatable bonds is 4. The SMILES string of the molecule is O=C(COC(=O)c1c2c(nc3ccccc13)CCC2)Nc1ccccc1Br. The summed E-state index contributed by atoms with van der Waals surface area (Å²) in [7, 11) is 0. The number of benzene rings is 2. The van der Waals surface area contributed by atoms with E-state index in [4.69, 9.17) is 4.74 Å². The molecule has 1 heterocycles. The van der Waals surface area contributed by atoms with Gasteiger partial charge in [0.1, 0.15) is 0 Å². The topological polar surface area (TPSA) is 68.3 Å². The van der Waals surface area contributed by atoms with Crippen LogP contribution in [-0.4, -0.2) is 23.5 Å². The van der Waals surface area contributed by atoms with Gasteiger partial charge in [0.25, 0.3) is 5.91 Å². The summed E-state index contributed by atoms with van der Waals surface area (Å²) in [6.07, 6.45) is 2.64. The van der Waals surface area contributed by atoms with Gasteiger partial charge in [-0.05, 0) is 59.0 Å². The van der Waals surface area contributed by atoms with Gasteiger partial charge < -0.3 is 10.1 Å². The van der Waals surface area contributed by atoms with E-state index in [-0.39, 0.29) is 12.5 Å². The van der Waals surface area contributed by atoms with Crippen molar-refractivity contribution >= 4 is 44.4 Å². The number of fused-ring (bicyclic) bond motifs is 2. The highest BCUT2D eigenvalue weighted by molar-refractivity contribution is 9.10. The number of nitrogens with one attached hydrogen (secondary N) is 1. The molecule has 1 aliphatic rings. The number of aromatic nitrogens is 1. The van der Waals surface area contributed by atoms with Crippen LogP contribution < -0.4 is 5.32 Å². The minimum atomic E-state index is -0.478. The predicted octanol–water partition coefficient (Wildman–Crippen LogP) is 4.28. The molecule has 6 heteroatoms. The van der Waals surface area contributed by atoms with Crippen LogP contribution in [0.25, 0.3) is 10.9 Å². The van der Waals surface area contributed by atoms with Gasteiger partial charge in [-0.15, -0.1) is 0 Å². The molecule has 3 aromatic rings. The molecule has 27 heavy (non-hydrogen) atoms. The summed E-state index contributed by atoms with van der Waals surface area (Å²) in [6, 6.07) is 14.8. The molecule has 0 atom stereocenters. The summed E-state index contributed by atoms with van der Waals surface area (Å²) in [4.78, 5) is 29.6. The van der Waals surface area contributed by atoms with Crippen LogP contribution in [0.3, 0.4) is 0 Å². The predicted molar refractivity (Wildman–Crippen MR) is 107 cm³/mol. The summed E-state index contributed by atoms with van der Waals surface area (Å²) < 4.78 is 6.11. The van der Waals surface area contributed by atoms with Crippen molar-refractivity contribution in [3.05, 3.63) is 69.8 Å². The van der Waals surface area contributed by atoms with E-state index in [1.54, 1.807) is 6.07 Å².